The Bertz CT molecular complexity index is 886. The van der Waals surface area contributed by atoms with Crippen molar-refractivity contribution >= 4 is 11.7 Å². The van der Waals surface area contributed by atoms with E-state index in [0.29, 0.717) is 36.5 Å². The second kappa shape index (κ2) is 9.55. The molecule has 1 unspecified atom stereocenters. The van der Waals surface area contributed by atoms with Crippen molar-refractivity contribution in [2.24, 2.45) is 0 Å². The summed E-state index contributed by atoms with van der Waals surface area (Å²) in [4.78, 5) is 23.7. The summed E-state index contributed by atoms with van der Waals surface area (Å²) >= 11 is 0. The summed E-state index contributed by atoms with van der Waals surface area (Å²) in [5, 5.41) is 3.03. The predicted octanol–water partition coefficient (Wildman–Crippen LogP) is 4.55. The molecule has 2 aromatic carbocycles. The molecular formula is C23H23NO4. The Hall–Kier alpha value is -3.34. The van der Waals surface area contributed by atoms with Crippen LogP contribution in [0.15, 0.2) is 77.4 Å². The second-order valence-electron chi connectivity index (χ2n) is 6.46. The number of ether oxygens (including phenoxy) is 1. The Morgan fingerprint density at radius 2 is 1.75 bits per heavy atom. The molecule has 1 atom stereocenters. The van der Waals surface area contributed by atoms with Crippen molar-refractivity contribution < 1.29 is 18.7 Å². The van der Waals surface area contributed by atoms with E-state index < -0.39 is 0 Å². The minimum atomic E-state index is -0.316. The molecule has 0 saturated heterocycles. The lowest BCUT2D eigenvalue weighted by Crippen LogP contribution is -2.29. The normalized spacial score (nSPS) is 11.6. The second-order valence-corrected chi connectivity index (χ2v) is 6.46. The zero-order valence-electron chi connectivity index (χ0n) is 15.8. The zero-order chi connectivity index (χ0) is 19.8. The number of hydrogen-bond acceptors (Lipinski definition) is 4. The molecule has 1 N–H and O–H groups in total. The fourth-order valence-corrected chi connectivity index (χ4v) is 2.86. The molecule has 0 aliphatic heterocycles. The quantitative estimate of drug-likeness (QED) is 0.439. The molecule has 1 heterocycles. The summed E-state index contributed by atoms with van der Waals surface area (Å²) < 4.78 is 11.1. The summed E-state index contributed by atoms with van der Waals surface area (Å²) in [5.74, 6) is 1.33. The van der Waals surface area contributed by atoms with Gasteiger partial charge in [-0.2, -0.15) is 0 Å². The third kappa shape index (κ3) is 5.33. The summed E-state index contributed by atoms with van der Waals surface area (Å²) in [7, 11) is 0. The van der Waals surface area contributed by atoms with Crippen LogP contribution < -0.4 is 10.1 Å². The lowest BCUT2D eigenvalue weighted by Gasteiger charge is -2.17. The minimum absolute atomic E-state index is 0.0211. The van der Waals surface area contributed by atoms with Crippen LogP contribution in [0.1, 0.15) is 47.5 Å². The third-order valence-electron chi connectivity index (χ3n) is 4.34. The van der Waals surface area contributed by atoms with Crippen LogP contribution in [-0.4, -0.2) is 18.3 Å². The molecule has 0 saturated carbocycles. The number of carbonyl (C=O) groups excluding carboxylic acids is 2. The van der Waals surface area contributed by atoms with Gasteiger partial charge in [-0.3, -0.25) is 9.59 Å². The van der Waals surface area contributed by atoms with Gasteiger partial charge in [-0.1, -0.05) is 30.3 Å². The molecule has 5 nitrogen and oxygen atoms in total. The number of ketones is 1. The third-order valence-corrected chi connectivity index (χ3v) is 4.34. The highest BCUT2D eigenvalue weighted by Crippen LogP contribution is 2.22. The number of furan rings is 1. The first-order valence-corrected chi connectivity index (χ1v) is 9.25. The molecule has 0 radical (unpaired) electrons. The molecule has 3 rings (SSSR count). The van der Waals surface area contributed by atoms with E-state index in [9.17, 15) is 9.59 Å². The Morgan fingerprint density at radius 1 is 1.00 bits per heavy atom. The van der Waals surface area contributed by atoms with Crippen molar-refractivity contribution in [2.45, 2.75) is 25.8 Å². The van der Waals surface area contributed by atoms with Crippen LogP contribution in [0.3, 0.4) is 0 Å². The lowest BCUT2D eigenvalue weighted by atomic mass is 10.0. The van der Waals surface area contributed by atoms with E-state index in [2.05, 4.69) is 5.32 Å². The van der Waals surface area contributed by atoms with E-state index in [1.165, 1.54) is 6.92 Å². The molecule has 1 amide bonds. The molecule has 5 heteroatoms. The maximum absolute atomic E-state index is 12.4. The molecule has 0 aliphatic carbocycles. The van der Waals surface area contributed by atoms with Gasteiger partial charge in [0, 0.05) is 12.0 Å². The van der Waals surface area contributed by atoms with Crippen molar-refractivity contribution in [3.63, 3.8) is 0 Å². The molecule has 3 aromatic rings. The molecule has 0 fully saturated rings. The monoisotopic (exact) mass is 377 g/mol. The van der Waals surface area contributed by atoms with Crippen molar-refractivity contribution in [3.8, 4) is 5.75 Å². The zero-order valence-corrected chi connectivity index (χ0v) is 15.8. The Morgan fingerprint density at radius 3 is 2.39 bits per heavy atom. The van der Waals surface area contributed by atoms with Gasteiger partial charge in [-0.05, 0) is 55.3 Å². The van der Waals surface area contributed by atoms with Crippen LogP contribution in [0.5, 0.6) is 5.75 Å². The average molecular weight is 377 g/mol. The van der Waals surface area contributed by atoms with Crippen LogP contribution in [0.25, 0.3) is 0 Å². The summed E-state index contributed by atoms with van der Waals surface area (Å²) in [5.41, 5.74) is 1.62. The highest BCUT2D eigenvalue weighted by Gasteiger charge is 2.18. The minimum Gasteiger partial charge on any atom is -0.494 e. The Balaban J connectivity index is 1.49. The molecule has 0 aliphatic rings. The van der Waals surface area contributed by atoms with Crippen LogP contribution in [0, 0.1) is 0 Å². The first kappa shape index (κ1) is 19.4. The molecule has 144 valence electrons. The first-order chi connectivity index (χ1) is 13.6. The van der Waals surface area contributed by atoms with Gasteiger partial charge in [0.05, 0.1) is 12.9 Å². The SMILES string of the molecule is CC(=O)c1ccc(OCCCC(=O)NC(c2ccccc2)c2ccco2)cc1. The number of amides is 1. The number of hydrogen-bond donors (Lipinski definition) is 1. The fourth-order valence-electron chi connectivity index (χ4n) is 2.86. The molecule has 0 spiro atoms. The Kier molecular flexibility index (Phi) is 6.63. The van der Waals surface area contributed by atoms with Crippen molar-refractivity contribution in [2.75, 3.05) is 6.61 Å². The number of carbonyl (C=O) groups is 2. The molecule has 28 heavy (non-hydrogen) atoms. The van der Waals surface area contributed by atoms with Gasteiger partial charge in [0.15, 0.2) is 5.78 Å². The van der Waals surface area contributed by atoms with E-state index in [4.69, 9.17) is 9.15 Å². The highest BCUT2D eigenvalue weighted by atomic mass is 16.5. The van der Waals surface area contributed by atoms with Crippen molar-refractivity contribution in [3.05, 3.63) is 89.9 Å². The average Bonchev–Trinajstić information content (AvgIpc) is 3.25. The maximum Gasteiger partial charge on any atom is 0.220 e. The smallest absolute Gasteiger partial charge is 0.220 e. The van der Waals surface area contributed by atoms with E-state index in [-0.39, 0.29) is 17.7 Å². The summed E-state index contributed by atoms with van der Waals surface area (Å²) in [6.45, 7) is 1.95. The maximum atomic E-state index is 12.4. The largest absolute Gasteiger partial charge is 0.494 e. The molecule has 0 bridgehead atoms. The van der Waals surface area contributed by atoms with E-state index >= 15 is 0 Å². The van der Waals surface area contributed by atoms with Gasteiger partial charge in [0.2, 0.25) is 5.91 Å². The van der Waals surface area contributed by atoms with E-state index in [1.54, 1.807) is 30.5 Å². The van der Waals surface area contributed by atoms with Crippen LogP contribution in [0.4, 0.5) is 0 Å². The first-order valence-electron chi connectivity index (χ1n) is 9.25. The summed E-state index contributed by atoms with van der Waals surface area (Å²) in [6, 6.07) is 20.1. The van der Waals surface area contributed by atoms with Gasteiger partial charge < -0.3 is 14.5 Å². The predicted molar refractivity (Wildman–Crippen MR) is 106 cm³/mol. The van der Waals surface area contributed by atoms with Gasteiger partial charge in [-0.15, -0.1) is 0 Å². The topological polar surface area (TPSA) is 68.5 Å². The van der Waals surface area contributed by atoms with Crippen LogP contribution >= 0.6 is 0 Å². The van der Waals surface area contributed by atoms with E-state index in [1.807, 2.05) is 42.5 Å². The van der Waals surface area contributed by atoms with Gasteiger partial charge in [0.25, 0.3) is 0 Å². The molecular weight excluding hydrogens is 354 g/mol. The number of rotatable bonds is 9. The lowest BCUT2D eigenvalue weighted by molar-refractivity contribution is -0.121. The van der Waals surface area contributed by atoms with Crippen molar-refractivity contribution in [1.82, 2.24) is 5.32 Å². The van der Waals surface area contributed by atoms with E-state index in [0.717, 1.165) is 5.56 Å². The fraction of sp³-hybridized carbons (Fsp3) is 0.217. The van der Waals surface area contributed by atoms with Gasteiger partial charge in [0.1, 0.15) is 17.6 Å². The standard InChI is InChI=1S/C23H23NO4/c1-17(25)18-11-13-20(14-12-18)27-15-6-10-22(26)24-23(21-9-5-16-28-21)19-7-3-2-4-8-19/h2-5,7-9,11-14,16,23H,6,10,15H2,1H3,(H,24,26). The van der Waals surface area contributed by atoms with Gasteiger partial charge in [-0.25, -0.2) is 0 Å². The molecule has 1 aromatic heterocycles. The van der Waals surface area contributed by atoms with Crippen LogP contribution in [-0.2, 0) is 4.79 Å². The highest BCUT2D eigenvalue weighted by molar-refractivity contribution is 5.94. The van der Waals surface area contributed by atoms with Gasteiger partial charge >= 0.3 is 0 Å². The number of benzene rings is 2. The summed E-state index contributed by atoms with van der Waals surface area (Å²) in [6.07, 6.45) is 2.53. The van der Waals surface area contributed by atoms with Crippen LogP contribution in [0.2, 0.25) is 0 Å². The Labute approximate surface area is 164 Å². The number of nitrogens with one attached hydrogen (secondary N) is 1. The van der Waals surface area contributed by atoms with Crippen molar-refractivity contribution in [1.29, 1.82) is 0 Å². The number of Topliss-reactive ketones (excluding diaryl/α,β-unsaturated/α-hetero) is 1.